The normalized spacial score (nSPS) is 16.6. The number of hydrogen-bond acceptors (Lipinski definition) is 4. The van der Waals surface area contributed by atoms with Crippen LogP contribution in [0.3, 0.4) is 0 Å². The van der Waals surface area contributed by atoms with Gasteiger partial charge in [-0.1, -0.05) is 0 Å². The van der Waals surface area contributed by atoms with Crippen molar-refractivity contribution in [3.63, 3.8) is 0 Å². The number of halogens is 6. The molecule has 0 fully saturated rings. The maximum Gasteiger partial charge on any atom is 0.412 e. The van der Waals surface area contributed by atoms with Crippen LogP contribution < -0.4 is 0 Å². The van der Waals surface area contributed by atoms with Crippen LogP contribution in [0.2, 0.25) is 0 Å². The van der Waals surface area contributed by atoms with Crippen molar-refractivity contribution in [2.75, 3.05) is 19.4 Å². The SMILES string of the molecule is O=CCOP(=O)(CC(F)(F)F)OCC(F)(F)F. The maximum absolute atomic E-state index is 11.9. The summed E-state index contributed by atoms with van der Waals surface area (Å²) in [7, 11) is -5.03. The highest BCUT2D eigenvalue weighted by Crippen LogP contribution is 2.52. The highest BCUT2D eigenvalue weighted by molar-refractivity contribution is 7.53. The third kappa shape index (κ3) is 9.13. The summed E-state index contributed by atoms with van der Waals surface area (Å²) < 4.78 is 89.5. The van der Waals surface area contributed by atoms with Gasteiger partial charge < -0.3 is 9.32 Å². The van der Waals surface area contributed by atoms with E-state index >= 15 is 0 Å². The maximum atomic E-state index is 11.9. The monoisotopic (exact) mass is 288 g/mol. The smallest absolute Gasteiger partial charge is 0.301 e. The molecule has 17 heavy (non-hydrogen) atoms. The largest absolute Gasteiger partial charge is 0.412 e. The van der Waals surface area contributed by atoms with E-state index in [0.717, 1.165) is 0 Å². The minimum absolute atomic E-state index is 0.0556. The molecule has 0 saturated heterocycles. The van der Waals surface area contributed by atoms with Gasteiger partial charge in [-0.3, -0.25) is 9.09 Å². The molecule has 0 heterocycles. The first-order valence-corrected chi connectivity index (χ1v) is 5.65. The molecule has 1 unspecified atom stereocenters. The Morgan fingerprint density at radius 2 is 1.53 bits per heavy atom. The Morgan fingerprint density at radius 1 is 1.00 bits per heavy atom. The Bertz CT molecular complexity index is 298. The second kappa shape index (κ2) is 5.83. The van der Waals surface area contributed by atoms with E-state index in [1.165, 1.54) is 0 Å². The molecule has 0 aliphatic rings. The van der Waals surface area contributed by atoms with Crippen molar-refractivity contribution in [2.45, 2.75) is 12.4 Å². The van der Waals surface area contributed by atoms with Gasteiger partial charge in [-0.15, -0.1) is 0 Å². The highest BCUT2D eigenvalue weighted by Gasteiger charge is 2.43. The molecule has 0 saturated carbocycles. The lowest BCUT2D eigenvalue weighted by atomic mass is 10.7. The summed E-state index contributed by atoms with van der Waals surface area (Å²) >= 11 is 0. The van der Waals surface area contributed by atoms with E-state index in [-0.39, 0.29) is 6.29 Å². The van der Waals surface area contributed by atoms with Crippen LogP contribution in [0.25, 0.3) is 0 Å². The highest BCUT2D eigenvalue weighted by atomic mass is 31.2. The van der Waals surface area contributed by atoms with Crippen LogP contribution in [0.5, 0.6) is 0 Å². The number of alkyl halides is 6. The van der Waals surface area contributed by atoms with Crippen LogP contribution in [0.15, 0.2) is 0 Å². The fourth-order valence-electron chi connectivity index (χ4n) is 0.664. The van der Waals surface area contributed by atoms with Gasteiger partial charge in [0.1, 0.15) is 19.1 Å². The van der Waals surface area contributed by atoms with Gasteiger partial charge in [0, 0.05) is 0 Å². The van der Waals surface area contributed by atoms with Gasteiger partial charge in [-0.25, -0.2) is 0 Å². The first-order chi connectivity index (χ1) is 7.47. The van der Waals surface area contributed by atoms with Crippen molar-refractivity contribution < 1.29 is 44.7 Å². The quantitative estimate of drug-likeness (QED) is 0.428. The zero-order chi connectivity index (χ0) is 13.7. The van der Waals surface area contributed by atoms with Crippen molar-refractivity contribution in [2.24, 2.45) is 0 Å². The lowest BCUT2D eigenvalue weighted by Gasteiger charge is -2.19. The average Bonchev–Trinajstić information content (AvgIpc) is 2.08. The molecule has 0 N–H and O–H groups in total. The van der Waals surface area contributed by atoms with Gasteiger partial charge in [-0.2, -0.15) is 26.3 Å². The van der Waals surface area contributed by atoms with Gasteiger partial charge in [0.15, 0.2) is 6.61 Å². The van der Waals surface area contributed by atoms with E-state index in [9.17, 15) is 35.7 Å². The first-order valence-electron chi connectivity index (χ1n) is 3.93. The summed E-state index contributed by atoms with van der Waals surface area (Å²) in [5.41, 5.74) is 0. The van der Waals surface area contributed by atoms with Crippen LogP contribution in [-0.2, 0) is 18.4 Å². The minimum atomic E-state index is -5.04. The van der Waals surface area contributed by atoms with E-state index in [1.807, 2.05) is 0 Å². The molecule has 102 valence electrons. The summed E-state index contributed by atoms with van der Waals surface area (Å²) in [5, 5.41) is 0. The van der Waals surface area contributed by atoms with E-state index in [1.54, 1.807) is 0 Å². The third-order valence-electron chi connectivity index (χ3n) is 1.14. The fourth-order valence-corrected chi connectivity index (χ4v) is 1.99. The molecule has 0 aromatic carbocycles. The molecule has 1 atom stereocenters. The zero-order valence-electron chi connectivity index (χ0n) is 8.05. The Hall–Kier alpha value is -0.600. The van der Waals surface area contributed by atoms with Gasteiger partial charge in [-0.05, 0) is 0 Å². The fraction of sp³-hybridized carbons (Fsp3) is 0.833. The number of aldehydes is 1. The summed E-state index contributed by atoms with van der Waals surface area (Å²) in [4.78, 5) is 9.81. The van der Waals surface area contributed by atoms with Crippen LogP contribution in [0.4, 0.5) is 26.3 Å². The lowest BCUT2D eigenvalue weighted by molar-refractivity contribution is -0.157. The molecule has 0 aliphatic heterocycles. The molecule has 0 spiro atoms. The molecule has 4 nitrogen and oxygen atoms in total. The van der Waals surface area contributed by atoms with Crippen LogP contribution >= 0.6 is 7.60 Å². The van der Waals surface area contributed by atoms with Crippen LogP contribution in [-0.4, -0.2) is 38.0 Å². The molecule has 0 rings (SSSR count). The van der Waals surface area contributed by atoms with Crippen LogP contribution in [0, 0.1) is 0 Å². The van der Waals surface area contributed by atoms with Gasteiger partial charge in [0.25, 0.3) is 0 Å². The molecule has 0 aliphatic carbocycles. The molecule has 0 aromatic heterocycles. The van der Waals surface area contributed by atoms with Gasteiger partial charge in [0.2, 0.25) is 0 Å². The van der Waals surface area contributed by atoms with E-state index < -0.39 is 39.3 Å². The van der Waals surface area contributed by atoms with E-state index in [0.29, 0.717) is 0 Å². The number of carbonyl (C=O) groups excluding carboxylic acids is 1. The molecular formula is C6H7F6O4P. The molecule has 11 heteroatoms. The number of carbonyl (C=O) groups is 1. The van der Waals surface area contributed by atoms with Crippen molar-refractivity contribution in [3.8, 4) is 0 Å². The predicted molar refractivity (Wildman–Crippen MR) is 42.6 cm³/mol. The zero-order valence-corrected chi connectivity index (χ0v) is 8.94. The van der Waals surface area contributed by atoms with Gasteiger partial charge in [0.05, 0.1) is 0 Å². The van der Waals surface area contributed by atoms with Gasteiger partial charge >= 0.3 is 19.9 Å². The van der Waals surface area contributed by atoms with E-state index in [2.05, 4.69) is 9.05 Å². The topological polar surface area (TPSA) is 52.6 Å². The average molecular weight is 288 g/mol. The summed E-state index contributed by atoms with van der Waals surface area (Å²) in [6.45, 7) is -3.20. The minimum Gasteiger partial charge on any atom is -0.301 e. The lowest BCUT2D eigenvalue weighted by Crippen LogP contribution is -2.22. The second-order valence-corrected chi connectivity index (χ2v) is 4.79. The van der Waals surface area contributed by atoms with Crippen molar-refractivity contribution in [1.29, 1.82) is 0 Å². The standard InChI is InChI=1S/C6H7F6O4P/c7-5(8,9)3-16-17(14,15-2-1-13)4-6(10,11)12/h1H,2-4H2. The first kappa shape index (κ1) is 16.4. The predicted octanol–water partition coefficient (Wildman–Crippen LogP) is 2.54. The van der Waals surface area contributed by atoms with E-state index in [4.69, 9.17) is 0 Å². The Labute approximate surface area is 91.4 Å². The Morgan fingerprint density at radius 3 is 1.88 bits per heavy atom. The molecular weight excluding hydrogens is 281 g/mol. The molecule has 0 amide bonds. The molecule has 0 radical (unpaired) electrons. The summed E-state index contributed by atoms with van der Waals surface area (Å²) in [6.07, 6.45) is -12.2. The number of rotatable bonds is 6. The third-order valence-corrected chi connectivity index (χ3v) is 2.95. The molecule has 0 bridgehead atoms. The summed E-state index contributed by atoms with van der Waals surface area (Å²) in [5.74, 6) is 0. The second-order valence-electron chi connectivity index (χ2n) is 2.74. The van der Waals surface area contributed by atoms with Crippen molar-refractivity contribution >= 4 is 13.9 Å². The Balaban J connectivity index is 4.61. The Kier molecular flexibility index (Phi) is 5.63. The van der Waals surface area contributed by atoms with Crippen LogP contribution in [0.1, 0.15) is 0 Å². The van der Waals surface area contributed by atoms with Crippen molar-refractivity contribution in [1.82, 2.24) is 0 Å². The number of hydrogen-bond donors (Lipinski definition) is 0. The summed E-state index contributed by atoms with van der Waals surface area (Å²) in [6, 6.07) is 0. The molecule has 0 aromatic rings. The van der Waals surface area contributed by atoms with Crippen molar-refractivity contribution in [3.05, 3.63) is 0 Å².